The van der Waals surface area contributed by atoms with Crippen LogP contribution in [0.15, 0.2) is 23.1 Å². The molecule has 0 aliphatic rings. The van der Waals surface area contributed by atoms with E-state index in [0.29, 0.717) is 25.1 Å². The van der Waals surface area contributed by atoms with Crippen molar-refractivity contribution in [2.75, 3.05) is 20.3 Å². The van der Waals surface area contributed by atoms with Crippen molar-refractivity contribution < 1.29 is 17.9 Å². The third kappa shape index (κ3) is 4.49. The number of benzene rings is 1. The molecule has 0 atom stereocenters. The SMILES string of the molecule is CCc1ccc(C(=O)NCCOC)cc1S(=O)(=O)Cl. The molecule has 0 bridgehead atoms. The maximum Gasteiger partial charge on any atom is 0.261 e. The molecule has 0 saturated carbocycles. The van der Waals surface area contributed by atoms with Gasteiger partial charge in [0.05, 0.1) is 11.5 Å². The predicted octanol–water partition coefficient (Wildman–Crippen LogP) is 1.55. The Labute approximate surface area is 117 Å². The molecule has 0 aliphatic heterocycles. The first-order chi connectivity index (χ1) is 8.90. The summed E-state index contributed by atoms with van der Waals surface area (Å²) in [7, 11) is 3.04. The highest BCUT2D eigenvalue weighted by molar-refractivity contribution is 8.13. The van der Waals surface area contributed by atoms with Gasteiger partial charge in [-0.25, -0.2) is 8.42 Å². The number of aryl methyl sites for hydroxylation is 1. The van der Waals surface area contributed by atoms with Gasteiger partial charge in [0.25, 0.3) is 15.0 Å². The monoisotopic (exact) mass is 305 g/mol. The predicted molar refractivity (Wildman–Crippen MR) is 73.1 cm³/mol. The van der Waals surface area contributed by atoms with Gasteiger partial charge in [0.1, 0.15) is 0 Å². The zero-order chi connectivity index (χ0) is 14.5. The van der Waals surface area contributed by atoms with Gasteiger partial charge in [0, 0.05) is 29.9 Å². The zero-order valence-electron chi connectivity index (χ0n) is 10.8. The second-order valence-corrected chi connectivity index (χ2v) is 6.40. The standard InChI is InChI=1S/C12H16ClNO4S/c1-3-9-4-5-10(8-11(9)19(13,16)17)12(15)14-6-7-18-2/h4-5,8H,3,6-7H2,1-2H3,(H,14,15). The fourth-order valence-electron chi connectivity index (χ4n) is 1.58. The molecule has 0 spiro atoms. The van der Waals surface area contributed by atoms with Crippen LogP contribution in [0, 0.1) is 0 Å². The topological polar surface area (TPSA) is 72.5 Å². The Hall–Kier alpha value is -1.11. The number of amides is 1. The van der Waals surface area contributed by atoms with E-state index < -0.39 is 9.05 Å². The molecule has 0 fully saturated rings. The Morgan fingerprint density at radius 2 is 2.11 bits per heavy atom. The van der Waals surface area contributed by atoms with Crippen molar-refractivity contribution in [3.63, 3.8) is 0 Å². The van der Waals surface area contributed by atoms with E-state index in [2.05, 4.69) is 5.32 Å². The first-order valence-electron chi connectivity index (χ1n) is 5.75. The Morgan fingerprint density at radius 1 is 1.42 bits per heavy atom. The van der Waals surface area contributed by atoms with E-state index in [1.54, 1.807) is 12.1 Å². The number of carbonyl (C=O) groups excluding carboxylic acids is 1. The van der Waals surface area contributed by atoms with Crippen LogP contribution in [0.25, 0.3) is 0 Å². The maximum absolute atomic E-state index is 11.8. The molecule has 0 radical (unpaired) electrons. The van der Waals surface area contributed by atoms with Crippen LogP contribution < -0.4 is 5.32 Å². The molecule has 0 saturated heterocycles. The van der Waals surface area contributed by atoms with Crippen LogP contribution in [-0.4, -0.2) is 34.6 Å². The molecule has 1 N–H and O–H groups in total. The lowest BCUT2D eigenvalue weighted by Gasteiger charge is -2.08. The fraction of sp³-hybridized carbons (Fsp3) is 0.417. The van der Waals surface area contributed by atoms with Gasteiger partial charge < -0.3 is 10.1 Å². The van der Waals surface area contributed by atoms with Crippen molar-refractivity contribution in [2.45, 2.75) is 18.2 Å². The number of halogens is 1. The minimum Gasteiger partial charge on any atom is -0.383 e. The number of ether oxygens (including phenoxy) is 1. The molecule has 0 aliphatic carbocycles. The van der Waals surface area contributed by atoms with Crippen molar-refractivity contribution in [3.05, 3.63) is 29.3 Å². The average molecular weight is 306 g/mol. The molecule has 0 heterocycles. The largest absolute Gasteiger partial charge is 0.383 e. The molecule has 1 aromatic rings. The highest BCUT2D eigenvalue weighted by Gasteiger charge is 2.17. The minimum atomic E-state index is -3.86. The molecular weight excluding hydrogens is 290 g/mol. The van der Waals surface area contributed by atoms with Gasteiger partial charge in [0.15, 0.2) is 0 Å². The molecule has 7 heteroatoms. The normalized spacial score (nSPS) is 11.3. The molecule has 1 amide bonds. The lowest BCUT2D eigenvalue weighted by atomic mass is 10.1. The van der Waals surface area contributed by atoms with Gasteiger partial charge in [-0.05, 0) is 24.1 Å². The fourth-order valence-corrected chi connectivity index (χ4v) is 2.81. The molecule has 5 nitrogen and oxygen atoms in total. The first kappa shape index (κ1) is 15.9. The van der Waals surface area contributed by atoms with E-state index in [0.717, 1.165) is 0 Å². The van der Waals surface area contributed by atoms with Crippen molar-refractivity contribution in [1.29, 1.82) is 0 Å². The van der Waals surface area contributed by atoms with Crippen LogP contribution in [0.1, 0.15) is 22.8 Å². The van der Waals surface area contributed by atoms with E-state index in [1.807, 2.05) is 6.92 Å². The van der Waals surface area contributed by atoms with Gasteiger partial charge in [-0.3, -0.25) is 4.79 Å². The Kier molecular flexibility index (Phi) is 5.78. The number of carbonyl (C=O) groups is 1. The molecular formula is C12H16ClNO4S. The maximum atomic E-state index is 11.8. The second-order valence-electron chi connectivity index (χ2n) is 3.86. The first-order valence-corrected chi connectivity index (χ1v) is 8.05. The third-order valence-corrected chi connectivity index (χ3v) is 3.97. The molecule has 1 rings (SSSR count). The summed E-state index contributed by atoms with van der Waals surface area (Å²) in [5.41, 5.74) is 0.843. The lowest BCUT2D eigenvalue weighted by molar-refractivity contribution is 0.0937. The van der Waals surface area contributed by atoms with Gasteiger partial charge in [-0.15, -0.1) is 0 Å². The Balaban J connectivity index is 3.02. The van der Waals surface area contributed by atoms with Gasteiger partial charge >= 0.3 is 0 Å². The summed E-state index contributed by atoms with van der Waals surface area (Å²) in [6, 6.07) is 4.47. The van der Waals surface area contributed by atoms with Crippen LogP contribution in [0.2, 0.25) is 0 Å². The number of methoxy groups -OCH3 is 1. The molecule has 19 heavy (non-hydrogen) atoms. The van der Waals surface area contributed by atoms with Crippen LogP contribution in [0.4, 0.5) is 0 Å². The van der Waals surface area contributed by atoms with Crippen molar-refractivity contribution >= 4 is 25.6 Å². The quantitative estimate of drug-likeness (QED) is 0.639. The zero-order valence-corrected chi connectivity index (χ0v) is 12.3. The van der Waals surface area contributed by atoms with E-state index >= 15 is 0 Å². The molecule has 106 valence electrons. The highest BCUT2D eigenvalue weighted by Crippen LogP contribution is 2.22. The summed E-state index contributed by atoms with van der Waals surface area (Å²) in [6.07, 6.45) is 0.521. The van der Waals surface area contributed by atoms with Crippen LogP contribution in [-0.2, 0) is 20.2 Å². The summed E-state index contributed by atoms with van der Waals surface area (Å²) in [6.45, 7) is 2.56. The van der Waals surface area contributed by atoms with Crippen molar-refractivity contribution in [1.82, 2.24) is 5.32 Å². The Morgan fingerprint density at radius 3 is 2.63 bits per heavy atom. The summed E-state index contributed by atoms with van der Waals surface area (Å²) in [5, 5.41) is 2.61. The van der Waals surface area contributed by atoms with Gasteiger partial charge in [-0.1, -0.05) is 13.0 Å². The number of nitrogens with one attached hydrogen (secondary N) is 1. The van der Waals surface area contributed by atoms with E-state index in [-0.39, 0.29) is 16.4 Å². The molecule has 1 aromatic carbocycles. The van der Waals surface area contributed by atoms with Crippen LogP contribution >= 0.6 is 10.7 Å². The van der Waals surface area contributed by atoms with E-state index in [4.69, 9.17) is 15.4 Å². The van der Waals surface area contributed by atoms with Crippen LogP contribution in [0.3, 0.4) is 0 Å². The van der Waals surface area contributed by atoms with Gasteiger partial charge in [0.2, 0.25) is 0 Å². The summed E-state index contributed by atoms with van der Waals surface area (Å²) in [4.78, 5) is 11.8. The average Bonchev–Trinajstić information content (AvgIpc) is 2.37. The second kappa shape index (κ2) is 6.88. The summed E-state index contributed by atoms with van der Waals surface area (Å²) >= 11 is 0. The van der Waals surface area contributed by atoms with Crippen molar-refractivity contribution in [2.24, 2.45) is 0 Å². The lowest BCUT2D eigenvalue weighted by Crippen LogP contribution is -2.27. The van der Waals surface area contributed by atoms with E-state index in [9.17, 15) is 13.2 Å². The summed E-state index contributed by atoms with van der Waals surface area (Å²) in [5.74, 6) is -0.360. The third-order valence-electron chi connectivity index (χ3n) is 2.56. The van der Waals surface area contributed by atoms with Crippen molar-refractivity contribution in [3.8, 4) is 0 Å². The Bertz CT molecular complexity index is 557. The smallest absolute Gasteiger partial charge is 0.261 e. The summed E-state index contributed by atoms with van der Waals surface area (Å²) < 4.78 is 27.7. The minimum absolute atomic E-state index is 0.0175. The number of rotatable bonds is 6. The van der Waals surface area contributed by atoms with E-state index in [1.165, 1.54) is 13.2 Å². The molecule has 0 unspecified atom stereocenters. The van der Waals surface area contributed by atoms with Crippen LogP contribution in [0.5, 0.6) is 0 Å². The van der Waals surface area contributed by atoms with Gasteiger partial charge in [-0.2, -0.15) is 0 Å². The number of hydrogen-bond donors (Lipinski definition) is 1. The molecule has 0 aromatic heterocycles. The number of hydrogen-bond acceptors (Lipinski definition) is 4. The highest BCUT2D eigenvalue weighted by atomic mass is 35.7.